The van der Waals surface area contributed by atoms with Gasteiger partial charge in [-0.1, -0.05) is 19.8 Å². The average molecular weight is 219 g/mol. The molecule has 0 bridgehead atoms. The molecule has 1 aromatic carbocycles. The van der Waals surface area contributed by atoms with E-state index in [1.807, 2.05) is 13.8 Å². The van der Waals surface area contributed by atoms with E-state index in [0.717, 1.165) is 0 Å². The van der Waals surface area contributed by atoms with Crippen molar-refractivity contribution in [3.8, 4) is 18.1 Å². The molecule has 4 nitrogen and oxygen atoms in total. The van der Waals surface area contributed by atoms with Crippen LogP contribution in [-0.2, 0) is 0 Å². The van der Waals surface area contributed by atoms with E-state index in [1.54, 1.807) is 0 Å². The van der Waals surface area contributed by atoms with Gasteiger partial charge in [0.25, 0.3) is 5.69 Å². The van der Waals surface area contributed by atoms with E-state index in [-0.39, 0.29) is 5.69 Å². The van der Waals surface area contributed by atoms with Crippen molar-refractivity contribution < 1.29 is 9.66 Å². The predicted molar refractivity (Wildman–Crippen MR) is 61.4 cm³/mol. The molecule has 0 aromatic heterocycles. The first-order valence-electron chi connectivity index (χ1n) is 4.92. The fourth-order valence-electron chi connectivity index (χ4n) is 1.13. The molecule has 0 aliphatic heterocycles. The second-order valence-corrected chi connectivity index (χ2v) is 3.79. The van der Waals surface area contributed by atoms with Crippen LogP contribution in [0, 0.1) is 28.4 Å². The standard InChI is InChI=1S/C12H13NO3/c1-4-10-7-11(13(14)15)5-6-12(10)16-8-9(2)3/h1,5-7,9H,8H2,2-3H3. The maximum absolute atomic E-state index is 10.5. The molecule has 0 heterocycles. The van der Waals surface area contributed by atoms with Crippen molar-refractivity contribution in [3.05, 3.63) is 33.9 Å². The molecule has 0 fully saturated rings. The Morgan fingerprint density at radius 1 is 1.56 bits per heavy atom. The summed E-state index contributed by atoms with van der Waals surface area (Å²) < 4.78 is 5.46. The van der Waals surface area contributed by atoms with Crippen molar-refractivity contribution in [1.82, 2.24) is 0 Å². The minimum Gasteiger partial charge on any atom is -0.492 e. The number of terminal acetylenes is 1. The number of benzene rings is 1. The first kappa shape index (κ1) is 12.1. The number of hydrogen-bond donors (Lipinski definition) is 0. The summed E-state index contributed by atoms with van der Waals surface area (Å²) in [5, 5.41) is 10.5. The van der Waals surface area contributed by atoms with Crippen LogP contribution >= 0.6 is 0 Å². The fourth-order valence-corrected chi connectivity index (χ4v) is 1.13. The molecule has 16 heavy (non-hydrogen) atoms. The van der Waals surface area contributed by atoms with Gasteiger partial charge in [-0.15, -0.1) is 6.42 Å². The topological polar surface area (TPSA) is 52.4 Å². The third-order valence-electron chi connectivity index (χ3n) is 1.90. The SMILES string of the molecule is C#Cc1cc([N+](=O)[O-])ccc1OCC(C)C. The Morgan fingerprint density at radius 2 is 2.25 bits per heavy atom. The zero-order valence-electron chi connectivity index (χ0n) is 9.27. The Morgan fingerprint density at radius 3 is 2.75 bits per heavy atom. The fraction of sp³-hybridized carbons (Fsp3) is 0.333. The highest BCUT2D eigenvalue weighted by atomic mass is 16.6. The maximum Gasteiger partial charge on any atom is 0.270 e. The highest BCUT2D eigenvalue weighted by Crippen LogP contribution is 2.23. The molecule has 0 aliphatic rings. The van der Waals surface area contributed by atoms with Gasteiger partial charge >= 0.3 is 0 Å². The lowest BCUT2D eigenvalue weighted by molar-refractivity contribution is -0.384. The van der Waals surface area contributed by atoms with E-state index >= 15 is 0 Å². The summed E-state index contributed by atoms with van der Waals surface area (Å²) >= 11 is 0. The molecule has 0 atom stereocenters. The van der Waals surface area contributed by atoms with Crippen molar-refractivity contribution in [1.29, 1.82) is 0 Å². The number of hydrogen-bond acceptors (Lipinski definition) is 3. The lowest BCUT2D eigenvalue weighted by atomic mass is 10.2. The van der Waals surface area contributed by atoms with Crippen LogP contribution < -0.4 is 4.74 Å². The van der Waals surface area contributed by atoms with Crippen LogP contribution in [-0.4, -0.2) is 11.5 Å². The number of nitrogens with zero attached hydrogens (tertiary/aromatic N) is 1. The van der Waals surface area contributed by atoms with Gasteiger partial charge in [0.2, 0.25) is 0 Å². The summed E-state index contributed by atoms with van der Waals surface area (Å²) in [7, 11) is 0. The van der Waals surface area contributed by atoms with Gasteiger partial charge in [-0.05, 0) is 12.0 Å². The number of nitro benzene ring substituents is 1. The summed E-state index contributed by atoms with van der Waals surface area (Å²) in [5.41, 5.74) is 0.389. The van der Waals surface area contributed by atoms with E-state index in [1.165, 1.54) is 18.2 Å². The van der Waals surface area contributed by atoms with E-state index in [4.69, 9.17) is 11.2 Å². The molecule has 1 aromatic rings. The summed E-state index contributed by atoms with van der Waals surface area (Å²) in [5.74, 6) is 3.28. The van der Waals surface area contributed by atoms with E-state index < -0.39 is 4.92 Å². The molecular weight excluding hydrogens is 206 g/mol. The molecule has 1 rings (SSSR count). The van der Waals surface area contributed by atoms with Gasteiger partial charge in [0.15, 0.2) is 0 Å². The Bertz CT molecular complexity index is 432. The van der Waals surface area contributed by atoms with Crippen LogP contribution in [0.15, 0.2) is 18.2 Å². The smallest absolute Gasteiger partial charge is 0.270 e. The second-order valence-electron chi connectivity index (χ2n) is 3.79. The predicted octanol–water partition coefficient (Wildman–Crippen LogP) is 2.61. The van der Waals surface area contributed by atoms with E-state index in [0.29, 0.717) is 23.8 Å². The highest BCUT2D eigenvalue weighted by molar-refractivity contribution is 5.51. The summed E-state index contributed by atoms with van der Waals surface area (Å²) in [4.78, 5) is 10.1. The largest absolute Gasteiger partial charge is 0.492 e. The van der Waals surface area contributed by atoms with Crippen LogP contribution in [0.5, 0.6) is 5.75 Å². The van der Waals surface area contributed by atoms with Crippen LogP contribution in [0.25, 0.3) is 0 Å². The van der Waals surface area contributed by atoms with Crippen molar-refractivity contribution in [2.24, 2.45) is 5.92 Å². The molecule has 0 N–H and O–H groups in total. The lowest BCUT2D eigenvalue weighted by Crippen LogP contribution is -2.05. The second kappa shape index (κ2) is 5.17. The Labute approximate surface area is 94.4 Å². The maximum atomic E-state index is 10.5. The van der Waals surface area contributed by atoms with Gasteiger partial charge in [0.05, 0.1) is 17.1 Å². The van der Waals surface area contributed by atoms with E-state index in [2.05, 4.69) is 5.92 Å². The van der Waals surface area contributed by atoms with Crippen LogP contribution in [0.3, 0.4) is 0 Å². The molecule has 0 amide bonds. The third-order valence-corrected chi connectivity index (χ3v) is 1.90. The number of non-ortho nitro benzene ring substituents is 1. The van der Waals surface area contributed by atoms with Gasteiger partial charge in [-0.25, -0.2) is 0 Å². The molecule has 0 saturated carbocycles. The van der Waals surface area contributed by atoms with Gasteiger partial charge in [-0.3, -0.25) is 10.1 Å². The lowest BCUT2D eigenvalue weighted by Gasteiger charge is -2.10. The Kier molecular flexibility index (Phi) is 3.90. The van der Waals surface area contributed by atoms with E-state index in [9.17, 15) is 10.1 Å². The molecule has 84 valence electrons. The van der Waals surface area contributed by atoms with Gasteiger partial charge < -0.3 is 4.74 Å². The Balaban J connectivity index is 2.94. The summed E-state index contributed by atoms with van der Waals surface area (Å²) in [6.07, 6.45) is 5.27. The first-order valence-corrected chi connectivity index (χ1v) is 4.92. The van der Waals surface area contributed by atoms with Crippen molar-refractivity contribution in [2.45, 2.75) is 13.8 Å². The van der Waals surface area contributed by atoms with Gasteiger partial charge in [0, 0.05) is 12.1 Å². The van der Waals surface area contributed by atoms with Crippen LogP contribution in [0.2, 0.25) is 0 Å². The zero-order valence-corrected chi connectivity index (χ0v) is 9.27. The number of ether oxygens (including phenoxy) is 1. The quantitative estimate of drug-likeness (QED) is 0.444. The minimum atomic E-state index is -0.479. The molecular formula is C12H13NO3. The van der Waals surface area contributed by atoms with Crippen molar-refractivity contribution in [2.75, 3.05) is 6.61 Å². The summed E-state index contributed by atoms with van der Waals surface area (Å²) in [6.45, 7) is 4.56. The third kappa shape index (κ3) is 2.99. The van der Waals surface area contributed by atoms with Crippen molar-refractivity contribution >= 4 is 5.69 Å². The molecule has 0 unspecified atom stereocenters. The Hall–Kier alpha value is -2.02. The molecule has 0 aliphatic carbocycles. The van der Waals surface area contributed by atoms with Crippen molar-refractivity contribution in [3.63, 3.8) is 0 Å². The zero-order chi connectivity index (χ0) is 12.1. The van der Waals surface area contributed by atoms with Crippen LogP contribution in [0.1, 0.15) is 19.4 Å². The molecule has 0 saturated heterocycles. The molecule has 4 heteroatoms. The van der Waals surface area contributed by atoms with Gasteiger partial charge in [-0.2, -0.15) is 0 Å². The molecule has 0 spiro atoms. The minimum absolute atomic E-state index is 0.0233. The number of nitro groups is 1. The highest BCUT2D eigenvalue weighted by Gasteiger charge is 2.10. The van der Waals surface area contributed by atoms with Crippen LogP contribution in [0.4, 0.5) is 5.69 Å². The number of rotatable bonds is 4. The summed E-state index contributed by atoms with van der Waals surface area (Å²) in [6, 6.07) is 4.27. The first-order chi connectivity index (χ1) is 7.54. The average Bonchev–Trinajstić information content (AvgIpc) is 2.25. The monoisotopic (exact) mass is 219 g/mol. The van der Waals surface area contributed by atoms with Gasteiger partial charge in [0.1, 0.15) is 5.75 Å². The normalized spacial score (nSPS) is 9.88. The molecule has 0 radical (unpaired) electrons.